The van der Waals surface area contributed by atoms with Gasteiger partial charge >= 0.3 is 0 Å². The van der Waals surface area contributed by atoms with Crippen molar-refractivity contribution in [3.63, 3.8) is 0 Å². The fourth-order valence-electron chi connectivity index (χ4n) is 3.88. The van der Waals surface area contributed by atoms with Crippen LogP contribution in [0.1, 0.15) is 55.7 Å². The Labute approximate surface area is 176 Å². The zero-order chi connectivity index (χ0) is 21.0. The molecule has 4 nitrogen and oxygen atoms in total. The first-order valence-electron chi connectivity index (χ1n) is 10.3. The SMILES string of the molecule is CCCN(CC(=O)N1CCc2sccc2C1c1ccc(F)cc1)C(=O)CC(C)C. The van der Waals surface area contributed by atoms with Crippen molar-refractivity contribution >= 4 is 23.2 Å². The Hall–Kier alpha value is -2.21. The van der Waals surface area contributed by atoms with Crippen LogP contribution in [0, 0.1) is 11.7 Å². The Balaban J connectivity index is 1.85. The van der Waals surface area contributed by atoms with E-state index < -0.39 is 0 Å². The van der Waals surface area contributed by atoms with E-state index in [1.165, 1.54) is 17.0 Å². The second-order valence-corrected chi connectivity index (χ2v) is 9.00. The normalized spacial score (nSPS) is 16.0. The molecule has 156 valence electrons. The number of carbonyl (C=O) groups is 2. The molecule has 3 rings (SSSR count). The number of fused-ring (bicyclic) bond motifs is 1. The zero-order valence-corrected chi connectivity index (χ0v) is 18.2. The van der Waals surface area contributed by atoms with Gasteiger partial charge in [0, 0.05) is 24.4 Å². The fourth-order valence-corrected chi connectivity index (χ4v) is 4.79. The lowest BCUT2D eigenvalue weighted by atomic mass is 9.93. The second-order valence-electron chi connectivity index (χ2n) is 8.00. The molecule has 0 bridgehead atoms. The van der Waals surface area contributed by atoms with Crippen LogP contribution in [-0.4, -0.2) is 41.2 Å². The molecule has 2 aromatic rings. The molecule has 1 aromatic heterocycles. The molecule has 1 aliphatic heterocycles. The van der Waals surface area contributed by atoms with E-state index in [4.69, 9.17) is 0 Å². The van der Waals surface area contributed by atoms with Crippen LogP contribution in [0.25, 0.3) is 0 Å². The van der Waals surface area contributed by atoms with Crippen molar-refractivity contribution in [1.29, 1.82) is 0 Å². The molecule has 1 aliphatic rings. The van der Waals surface area contributed by atoms with Crippen LogP contribution in [0.15, 0.2) is 35.7 Å². The van der Waals surface area contributed by atoms with E-state index >= 15 is 0 Å². The quantitative estimate of drug-likeness (QED) is 0.659. The second kappa shape index (κ2) is 9.53. The van der Waals surface area contributed by atoms with Gasteiger partial charge in [0.2, 0.25) is 11.8 Å². The van der Waals surface area contributed by atoms with Gasteiger partial charge in [-0.15, -0.1) is 11.3 Å². The summed E-state index contributed by atoms with van der Waals surface area (Å²) < 4.78 is 13.5. The van der Waals surface area contributed by atoms with Gasteiger partial charge < -0.3 is 9.80 Å². The third kappa shape index (κ3) is 5.04. The third-order valence-electron chi connectivity index (χ3n) is 5.23. The Morgan fingerprint density at radius 3 is 2.62 bits per heavy atom. The molecule has 0 saturated heterocycles. The Morgan fingerprint density at radius 2 is 1.97 bits per heavy atom. The molecule has 2 amide bonds. The predicted octanol–water partition coefficient (Wildman–Crippen LogP) is 4.65. The van der Waals surface area contributed by atoms with Crippen LogP contribution in [-0.2, 0) is 16.0 Å². The molecule has 0 spiro atoms. The number of hydrogen-bond donors (Lipinski definition) is 0. The first-order valence-corrected chi connectivity index (χ1v) is 11.2. The lowest BCUT2D eigenvalue weighted by Crippen LogP contribution is -2.47. The van der Waals surface area contributed by atoms with Crippen LogP contribution in [0.3, 0.4) is 0 Å². The molecule has 2 heterocycles. The third-order valence-corrected chi connectivity index (χ3v) is 6.22. The van der Waals surface area contributed by atoms with Crippen molar-refractivity contribution < 1.29 is 14.0 Å². The molecule has 0 radical (unpaired) electrons. The molecular formula is C23H29FN2O2S. The summed E-state index contributed by atoms with van der Waals surface area (Å²) >= 11 is 1.70. The number of halogens is 1. The fraction of sp³-hybridized carbons (Fsp3) is 0.478. The molecule has 1 unspecified atom stereocenters. The monoisotopic (exact) mass is 416 g/mol. The summed E-state index contributed by atoms with van der Waals surface area (Å²) in [4.78, 5) is 30.8. The first kappa shape index (κ1) is 21.5. The predicted molar refractivity (Wildman–Crippen MR) is 114 cm³/mol. The molecule has 29 heavy (non-hydrogen) atoms. The van der Waals surface area contributed by atoms with Gasteiger partial charge in [-0.3, -0.25) is 9.59 Å². The highest BCUT2D eigenvalue weighted by Gasteiger charge is 2.33. The lowest BCUT2D eigenvalue weighted by molar-refractivity contribution is -0.142. The van der Waals surface area contributed by atoms with Gasteiger partial charge in [0.15, 0.2) is 0 Å². The first-order chi connectivity index (χ1) is 13.9. The van der Waals surface area contributed by atoms with Crippen molar-refractivity contribution in [2.75, 3.05) is 19.6 Å². The topological polar surface area (TPSA) is 40.6 Å². The summed E-state index contributed by atoms with van der Waals surface area (Å²) in [6, 6.07) is 8.20. The minimum atomic E-state index is -0.290. The van der Waals surface area contributed by atoms with Crippen LogP contribution in [0.2, 0.25) is 0 Å². The maximum atomic E-state index is 13.5. The average molecular weight is 417 g/mol. The Morgan fingerprint density at radius 1 is 1.24 bits per heavy atom. The van der Waals surface area contributed by atoms with Gasteiger partial charge in [0.1, 0.15) is 5.82 Å². The number of nitrogens with zero attached hydrogens (tertiary/aromatic N) is 2. The highest BCUT2D eigenvalue weighted by Crippen LogP contribution is 2.37. The Bertz CT molecular complexity index is 847. The molecule has 0 fully saturated rings. The number of rotatable bonds is 7. The largest absolute Gasteiger partial charge is 0.333 e. The van der Waals surface area contributed by atoms with Gasteiger partial charge in [0.25, 0.3) is 0 Å². The highest BCUT2D eigenvalue weighted by atomic mass is 32.1. The van der Waals surface area contributed by atoms with E-state index in [0.717, 1.165) is 24.0 Å². The smallest absolute Gasteiger partial charge is 0.242 e. The van der Waals surface area contributed by atoms with Crippen molar-refractivity contribution in [3.8, 4) is 0 Å². The standard InChI is InChI=1S/C23H29FN2O2S/c1-4-11-25(21(27)14-16(2)3)15-22(28)26-12-9-20-19(10-13-29-20)23(26)17-5-7-18(24)8-6-17/h5-8,10,13,16,23H,4,9,11-12,14-15H2,1-3H3. The van der Waals surface area contributed by atoms with E-state index in [9.17, 15) is 14.0 Å². The minimum Gasteiger partial charge on any atom is -0.333 e. The van der Waals surface area contributed by atoms with Crippen LogP contribution >= 0.6 is 11.3 Å². The van der Waals surface area contributed by atoms with Crippen LogP contribution in [0.5, 0.6) is 0 Å². The van der Waals surface area contributed by atoms with E-state index in [1.807, 2.05) is 31.1 Å². The molecule has 1 atom stereocenters. The van der Waals surface area contributed by atoms with Crippen molar-refractivity contribution in [2.24, 2.45) is 5.92 Å². The van der Waals surface area contributed by atoms with E-state index in [1.54, 1.807) is 28.4 Å². The van der Waals surface area contributed by atoms with Crippen LogP contribution in [0.4, 0.5) is 4.39 Å². The van der Waals surface area contributed by atoms with E-state index in [0.29, 0.717) is 19.5 Å². The van der Waals surface area contributed by atoms with E-state index in [-0.39, 0.29) is 36.1 Å². The molecule has 1 aromatic carbocycles. The summed E-state index contributed by atoms with van der Waals surface area (Å²) in [6.07, 6.45) is 2.07. The number of benzene rings is 1. The zero-order valence-electron chi connectivity index (χ0n) is 17.4. The van der Waals surface area contributed by atoms with Gasteiger partial charge in [0.05, 0.1) is 12.6 Å². The number of thiophene rings is 1. The molecule has 0 N–H and O–H groups in total. The summed E-state index contributed by atoms with van der Waals surface area (Å²) in [6.45, 7) is 7.31. The minimum absolute atomic E-state index is 0.0294. The maximum absolute atomic E-state index is 13.5. The molecular weight excluding hydrogens is 387 g/mol. The van der Waals surface area contributed by atoms with Crippen molar-refractivity contribution in [3.05, 3.63) is 57.5 Å². The number of hydrogen-bond acceptors (Lipinski definition) is 3. The van der Waals surface area contributed by atoms with Gasteiger partial charge in [-0.1, -0.05) is 32.9 Å². The lowest BCUT2D eigenvalue weighted by Gasteiger charge is -2.37. The van der Waals surface area contributed by atoms with Crippen molar-refractivity contribution in [1.82, 2.24) is 9.80 Å². The van der Waals surface area contributed by atoms with Crippen LogP contribution < -0.4 is 0 Å². The summed E-state index contributed by atoms with van der Waals surface area (Å²) in [5.74, 6) is -0.0582. The molecule has 0 saturated carbocycles. The summed E-state index contributed by atoms with van der Waals surface area (Å²) in [5, 5.41) is 2.05. The molecule has 0 aliphatic carbocycles. The van der Waals surface area contributed by atoms with Gasteiger partial charge in [-0.2, -0.15) is 0 Å². The number of carbonyl (C=O) groups excluding carboxylic acids is 2. The van der Waals surface area contributed by atoms with Gasteiger partial charge in [-0.25, -0.2) is 4.39 Å². The molecule has 6 heteroatoms. The highest BCUT2D eigenvalue weighted by molar-refractivity contribution is 7.10. The number of amides is 2. The van der Waals surface area contributed by atoms with Crippen molar-refractivity contribution in [2.45, 2.75) is 46.1 Å². The summed E-state index contributed by atoms with van der Waals surface area (Å²) in [7, 11) is 0. The van der Waals surface area contributed by atoms with Gasteiger partial charge in [-0.05, 0) is 53.5 Å². The Kier molecular flexibility index (Phi) is 7.06. The maximum Gasteiger partial charge on any atom is 0.242 e. The summed E-state index contributed by atoms with van der Waals surface area (Å²) in [5.41, 5.74) is 2.01. The van der Waals surface area contributed by atoms with E-state index in [2.05, 4.69) is 6.07 Å². The average Bonchev–Trinajstić information content (AvgIpc) is 3.16.